The molecule has 0 saturated heterocycles. The molecule has 8 unspecified atom stereocenters. The highest BCUT2D eigenvalue weighted by Gasteiger charge is 2.33. The molecular weight excluding hydrogens is 538 g/mol. The maximum absolute atomic E-state index is 11.5. The molecule has 0 heterocycles. The van der Waals surface area contributed by atoms with Gasteiger partial charge in [0, 0.05) is 36.5 Å². The summed E-state index contributed by atoms with van der Waals surface area (Å²) in [6, 6.07) is 0. The summed E-state index contributed by atoms with van der Waals surface area (Å²) < 4.78 is 10.2. The van der Waals surface area contributed by atoms with Crippen LogP contribution in [0.25, 0.3) is 0 Å². The number of rotatable bonds is 21. The van der Waals surface area contributed by atoms with Crippen molar-refractivity contribution in [3.63, 3.8) is 0 Å². The van der Waals surface area contributed by atoms with Crippen LogP contribution in [0.3, 0.4) is 0 Å². The van der Waals surface area contributed by atoms with Crippen molar-refractivity contribution >= 4 is 12.1 Å². The van der Waals surface area contributed by atoms with E-state index in [1.165, 1.54) is 0 Å². The van der Waals surface area contributed by atoms with Crippen LogP contribution in [0.1, 0.15) is 80.6 Å². The molecule has 0 spiro atoms. The maximum Gasteiger partial charge on any atom is 0.404 e. The van der Waals surface area contributed by atoms with Gasteiger partial charge in [0.15, 0.2) is 0 Å². The molecular formula is C33H57NO8. The van der Waals surface area contributed by atoms with E-state index in [-0.39, 0.29) is 48.4 Å². The largest absolute Gasteiger partial charge is 0.466 e. The van der Waals surface area contributed by atoms with E-state index in [0.29, 0.717) is 25.9 Å². The summed E-state index contributed by atoms with van der Waals surface area (Å²) >= 11 is 0. The molecule has 42 heavy (non-hydrogen) atoms. The number of carbonyl (C=O) groups is 2. The van der Waals surface area contributed by atoms with Gasteiger partial charge in [-0.2, -0.15) is 0 Å². The van der Waals surface area contributed by atoms with Crippen LogP contribution in [0.4, 0.5) is 4.79 Å². The van der Waals surface area contributed by atoms with Gasteiger partial charge in [-0.3, -0.25) is 4.79 Å². The lowest BCUT2D eigenvalue weighted by atomic mass is 9.81. The molecule has 0 radical (unpaired) electrons. The van der Waals surface area contributed by atoms with Crippen LogP contribution in [0, 0.1) is 29.6 Å². The number of amides is 1. The highest BCUT2D eigenvalue weighted by Crippen LogP contribution is 2.29. The number of allylic oxidation sites excluding steroid dienone is 3. The molecule has 0 aliphatic rings. The van der Waals surface area contributed by atoms with Gasteiger partial charge in [0.2, 0.25) is 0 Å². The Labute approximate surface area is 253 Å². The van der Waals surface area contributed by atoms with Gasteiger partial charge in [-0.25, -0.2) is 4.79 Å². The smallest absolute Gasteiger partial charge is 0.404 e. The molecule has 0 rings (SSSR count). The summed E-state index contributed by atoms with van der Waals surface area (Å²) in [5.74, 6) is -1.43. The minimum absolute atomic E-state index is 0.143. The minimum Gasteiger partial charge on any atom is -0.466 e. The van der Waals surface area contributed by atoms with E-state index < -0.39 is 36.6 Å². The average Bonchev–Trinajstić information content (AvgIpc) is 2.91. The van der Waals surface area contributed by atoms with Crippen molar-refractivity contribution in [2.45, 2.75) is 111 Å². The molecule has 10 atom stereocenters. The Kier molecular flexibility index (Phi) is 20.0. The maximum atomic E-state index is 11.5. The summed E-state index contributed by atoms with van der Waals surface area (Å²) in [7, 11) is 0. The molecule has 0 bridgehead atoms. The standard InChI is InChI=1S/C33H57NO8/c1-9-11-13-23(5)32(42-33(34)40)26(8)31(39)25(7)19-21(3)18-24(6)30(38)22(4)16-17-28(36)20-27(35)14-12-15-29(37)41-10-2/h9,11,13,16-18,22-28,30-32,35-36,38-39H,1,10,12,14-15,19-20H2,2-8H3,(H2,34,40)/b13-11-,17-16-,21-18-/t22?,23-,24?,25?,26?,27+,28?,30?,31?,32?/m0/s1. The number of esters is 1. The molecule has 9 heteroatoms. The van der Waals surface area contributed by atoms with Gasteiger partial charge in [-0.05, 0) is 39.0 Å². The Morgan fingerprint density at radius 2 is 1.57 bits per heavy atom. The topological polar surface area (TPSA) is 160 Å². The SMILES string of the molecule is C=C/C=C\[C@H](C)C(OC(N)=O)C(C)C(O)C(C)C/C(C)=C\C(C)C(O)C(C)/C=C\C(O)C[C@H](O)CCCC(=O)OCC. The predicted molar refractivity (Wildman–Crippen MR) is 166 cm³/mol. The van der Waals surface area contributed by atoms with E-state index in [2.05, 4.69) is 6.58 Å². The van der Waals surface area contributed by atoms with Crippen molar-refractivity contribution in [2.75, 3.05) is 6.61 Å². The number of nitrogens with two attached hydrogens (primary N) is 1. The lowest BCUT2D eigenvalue weighted by Crippen LogP contribution is -2.41. The molecule has 0 aromatic carbocycles. The van der Waals surface area contributed by atoms with Gasteiger partial charge in [-0.1, -0.05) is 83.2 Å². The average molecular weight is 596 g/mol. The number of carbonyl (C=O) groups excluding carboxylic acids is 2. The summed E-state index contributed by atoms with van der Waals surface area (Å²) in [6.45, 7) is 17.1. The highest BCUT2D eigenvalue weighted by molar-refractivity contribution is 5.69. The molecule has 6 N–H and O–H groups in total. The Morgan fingerprint density at radius 3 is 2.14 bits per heavy atom. The van der Waals surface area contributed by atoms with Gasteiger partial charge in [-0.15, -0.1) is 0 Å². The Bertz CT molecular complexity index is 885. The zero-order chi connectivity index (χ0) is 32.4. The number of aliphatic hydroxyl groups excluding tert-OH is 4. The van der Waals surface area contributed by atoms with Crippen molar-refractivity contribution in [1.82, 2.24) is 0 Å². The fraction of sp³-hybridized carbons (Fsp3) is 0.697. The molecule has 0 saturated carbocycles. The third kappa shape index (κ3) is 16.2. The van der Waals surface area contributed by atoms with Crippen LogP contribution in [0.15, 0.2) is 48.6 Å². The summed E-state index contributed by atoms with van der Waals surface area (Å²) in [5.41, 5.74) is 6.30. The van der Waals surface area contributed by atoms with Crippen LogP contribution < -0.4 is 5.73 Å². The lowest BCUT2D eigenvalue weighted by molar-refractivity contribution is -0.143. The fourth-order valence-corrected chi connectivity index (χ4v) is 5.23. The first-order valence-electron chi connectivity index (χ1n) is 15.1. The van der Waals surface area contributed by atoms with E-state index in [1.54, 1.807) is 31.2 Å². The molecule has 0 aromatic rings. The third-order valence-corrected chi connectivity index (χ3v) is 7.60. The van der Waals surface area contributed by atoms with E-state index in [1.807, 2.05) is 53.7 Å². The lowest BCUT2D eigenvalue weighted by Gasteiger charge is -2.33. The van der Waals surface area contributed by atoms with Crippen LogP contribution in [0.2, 0.25) is 0 Å². The summed E-state index contributed by atoms with van der Waals surface area (Å²) in [5, 5.41) is 42.4. The second-order valence-corrected chi connectivity index (χ2v) is 11.7. The third-order valence-electron chi connectivity index (χ3n) is 7.60. The molecule has 9 nitrogen and oxygen atoms in total. The number of hydrogen-bond donors (Lipinski definition) is 5. The highest BCUT2D eigenvalue weighted by atomic mass is 16.6. The minimum atomic E-state index is -0.887. The zero-order valence-electron chi connectivity index (χ0n) is 26.7. The Balaban J connectivity index is 5.01. The normalized spacial score (nSPS) is 19.7. The van der Waals surface area contributed by atoms with Crippen molar-refractivity contribution < 1.29 is 39.5 Å². The van der Waals surface area contributed by atoms with E-state index in [0.717, 1.165) is 5.57 Å². The first-order chi connectivity index (χ1) is 19.6. The van der Waals surface area contributed by atoms with Crippen molar-refractivity contribution in [3.05, 3.63) is 48.6 Å². The molecule has 0 fully saturated rings. The molecule has 0 aliphatic carbocycles. The fourth-order valence-electron chi connectivity index (χ4n) is 5.23. The molecule has 242 valence electrons. The summed E-state index contributed by atoms with van der Waals surface area (Å²) in [6.07, 6.45) is 7.83. The molecule has 0 aromatic heterocycles. The second-order valence-electron chi connectivity index (χ2n) is 11.7. The number of primary amides is 1. The van der Waals surface area contributed by atoms with Gasteiger partial charge in [0.1, 0.15) is 6.10 Å². The van der Waals surface area contributed by atoms with Crippen molar-refractivity contribution in [1.29, 1.82) is 0 Å². The second kappa shape index (κ2) is 21.3. The zero-order valence-corrected chi connectivity index (χ0v) is 26.7. The van der Waals surface area contributed by atoms with Gasteiger partial charge in [0.05, 0.1) is 31.0 Å². The van der Waals surface area contributed by atoms with Crippen LogP contribution in [-0.2, 0) is 14.3 Å². The van der Waals surface area contributed by atoms with Crippen LogP contribution in [0.5, 0.6) is 0 Å². The van der Waals surface area contributed by atoms with Gasteiger partial charge in [0.25, 0.3) is 0 Å². The number of ether oxygens (including phenoxy) is 2. The molecule has 1 amide bonds. The van der Waals surface area contributed by atoms with Crippen molar-refractivity contribution in [2.24, 2.45) is 35.3 Å². The predicted octanol–water partition coefficient (Wildman–Crippen LogP) is 4.83. The van der Waals surface area contributed by atoms with Gasteiger partial charge < -0.3 is 35.6 Å². The monoisotopic (exact) mass is 595 g/mol. The number of hydrogen-bond acceptors (Lipinski definition) is 8. The van der Waals surface area contributed by atoms with E-state index in [4.69, 9.17) is 15.2 Å². The van der Waals surface area contributed by atoms with Crippen LogP contribution >= 0.6 is 0 Å². The quantitative estimate of drug-likeness (QED) is 0.0716. The van der Waals surface area contributed by atoms with E-state index >= 15 is 0 Å². The Morgan fingerprint density at radius 1 is 0.929 bits per heavy atom. The first kappa shape index (κ1) is 39.5. The first-order valence-corrected chi connectivity index (χ1v) is 15.1. The Hall–Kier alpha value is -2.46. The van der Waals surface area contributed by atoms with Crippen molar-refractivity contribution in [3.8, 4) is 0 Å². The molecule has 0 aliphatic heterocycles. The van der Waals surface area contributed by atoms with Gasteiger partial charge >= 0.3 is 12.1 Å². The number of aliphatic hydroxyl groups is 4. The van der Waals surface area contributed by atoms with E-state index in [9.17, 15) is 30.0 Å². The summed E-state index contributed by atoms with van der Waals surface area (Å²) in [4.78, 5) is 22.9. The van der Waals surface area contributed by atoms with Crippen LogP contribution in [-0.4, -0.2) is 69.6 Å².